The molecule has 170 valence electrons. The summed E-state index contributed by atoms with van der Waals surface area (Å²) < 4.78 is 0. The highest BCUT2D eigenvalue weighted by atomic mass is 32.1. The van der Waals surface area contributed by atoms with Crippen LogP contribution in [0.3, 0.4) is 0 Å². The first-order valence-electron chi connectivity index (χ1n) is 11.5. The Balaban J connectivity index is 1.52. The van der Waals surface area contributed by atoms with Gasteiger partial charge in [-0.25, -0.2) is 4.79 Å². The molecule has 2 N–H and O–H groups in total. The zero-order chi connectivity index (χ0) is 22.7. The molecule has 1 aromatic carbocycles. The Hall–Kier alpha value is -2.67. The Morgan fingerprint density at radius 3 is 2.50 bits per heavy atom. The van der Waals surface area contributed by atoms with Crippen molar-refractivity contribution in [2.24, 2.45) is 5.92 Å². The number of aryl methyl sites for hydroxylation is 1. The number of anilines is 1. The lowest BCUT2D eigenvalue weighted by Gasteiger charge is -2.32. The van der Waals surface area contributed by atoms with Gasteiger partial charge in [0.2, 0.25) is 5.91 Å². The lowest BCUT2D eigenvalue weighted by molar-refractivity contribution is -0.137. The molecule has 0 unspecified atom stereocenters. The number of rotatable bonds is 6. The van der Waals surface area contributed by atoms with Crippen LogP contribution in [-0.2, 0) is 24.2 Å². The highest BCUT2D eigenvalue weighted by molar-refractivity contribution is 7.17. The van der Waals surface area contributed by atoms with Crippen molar-refractivity contribution >= 4 is 34.1 Å². The SMILES string of the molecule is CCCc1ccc(C(=O)Nc2sc3c(c2C(=O)O)CCN(C(=O)C2CCCCC2)C3)cc1. The van der Waals surface area contributed by atoms with Crippen molar-refractivity contribution in [1.82, 2.24) is 4.90 Å². The summed E-state index contributed by atoms with van der Waals surface area (Å²) >= 11 is 1.29. The van der Waals surface area contributed by atoms with Crippen LogP contribution in [0.25, 0.3) is 0 Å². The average molecular weight is 455 g/mol. The van der Waals surface area contributed by atoms with Gasteiger partial charge in [-0.3, -0.25) is 9.59 Å². The van der Waals surface area contributed by atoms with Gasteiger partial charge in [0.1, 0.15) is 5.00 Å². The monoisotopic (exact) mass is 454 g/mol. The molecule has 4 rings (SSSR count). The molecule has 0 saturated heterocycles. The number of carbonyl (C=O) groups excluding carboxylic acids is 2. The molecule has 2 aromatic rings. The van der Waals surface area contributed by atoms with Crippen LogP contribution >= 0.6 is 11.3 Å². The number of thiophene rings is 1. The minimum absolute atomic E-state index is 0.0964. The van der Waals surface area contributed by atoms with Crippen molar-refractivity contribution in [1.29, 1.82) is 0 Å². The molecular weight excluding hydrogens is 424 g/mol. The van der Waals surface area contributed by atoms with E-state index in [1.54, 1.807) is 12.1 Å². The molecule has 2 heterocycles. The van der Waals surface area contributed by atoms with Crippen LogP contribution in [0.2, 0.25) is 0 Å². The Labute approximate surface area is 192 Å². The summed E-state index contributed by atoms with van der Waals surface area (Å²) in [4.78, 5) is 40.5. The Bertz CT molecular complexity index is 1010. The van der Waals surface area contributed by atoms with Crippen LogP contribution in [-0.4, -0.2) is 34.3 Å². The first-order valence-corrected chi connectivity index (χ1v) is 12.4. The van der Waals surface area contributed by atoms with Crippen molar-refractivity contribution in [2.45, 2.75) is 64.8 Å². The Morgan fingerprint density at radius 1 is 1.12 bits per heavy atom. The van der Waals surface area contributed by atoms with E-state index in [9.17, 15) is 19.5 Å². The van der Waals surface area contributed by atoms with Crippen LogP contribution in [0.1, 0.15) is 82.2 Å². The zero-order valence-corrected chi connectivity index (χ0v) is 19.3. The number of carbonyl (C=O) groups is 3. The van der Waals surface area contributed by atoms with Gasteiger partial charge >= 0.3 is 5.97 Å². The van der Waals surface area contributed by atoms with Crippen LogP contribution in [0.15, 0.2) is 24.3 Å². The highest BCUT2D eigenvalue weighted by Crippen LogP contribution is 2.38. The summed E-state index contributed by atoms with van der Waals surface area (Å²) in [6, 6.07) is 7.42. The molecule has 0 bridgehead atoms. The molecule has 32 heavy (non-hydrogen) atoms. The van der Waals surface area contributed by atoms with Crippen LogP contribution in [0.5, 0.6) is 0 Å². The lowest BCUT2D eigenvalue weighted by atomic mass is 9.88. The largest absolute Gasteiger partial charge is 0.478 e. The van der Waals surface area contributed by atoms with E-state index in [4.69, 9.17) is 0 Å². The van der Waals surface area contributed by atoms with Gasteiger partial charge in [-0.1, -0.05) is 44.7 Å². The van der Waals surface area contributed by atoms with Gasteiger partial charge in [0, 0.05) is 22.9 Å². The van der Waals surface area contributed by atoms with Crippen LogP contribution < -0.4 is 5.32 Å². The fourth-order valence-corrected chi connectivity index (χ4v) is 6.05. The second-order valence-electron chi connectivity index (χ2n) is 8.76. The fourth-order valence-electron chi connectivity index (χ4n) is 4.80. The van der Waals surface area contributed by atoms with Gasteiger partial charge in [0.15, 0.2) is 0 Å². The number of hydrogen-bond donors (Lipinski definition) is 2. The standard InChI is InChI=1S/C25H30N2O4S/c1-2-6-16-9-11-17(12-10-16)22(28)26-23-21(25(30)31)19-13-14-27(15-20(19)32-23)24(29)18-7-4-3-5-8-18/h9-12,18H,2-8,13-15H2,1H3,(H,26,28)(H,30,31). The summed E-state index contributed by atoms with van der Waals surface area (Å²) in [5.74, 6) is -1.06. The number of carboxylic acid groups (broad SMARTS) is 1. The van der Waals surface area contributed by atoms with E-state index in [-0.39, 0.29) is 23.3 Å². The molecule has 1 fully saturated rings. The van der Waals surface area contributed by atoms with Gasteiger partial charge < -0.3 is 15.3 Å². The molecule has 2 aliphatic rings. The number of benzene rings is 1. The number of nitrogens with zero attached hydrogens (tertiary/aromatic N) is 1. The minimum atomic E-state index is -1.04. The summed E-state index contributed by atoms with van der Waals surface area (Å²) in [5.41, 5.74) is 2.60. The lowest BCUT2D eigenvalue weighted by Crippen LogP contribution is -2.40. The van der Waals surface area contributed by atoms with E-state index in [0.717, 1.165) is 49.0 Å². The minimum Gasteiger partial charge on any atom is -0.478 e. The number of aromatic carboxylic acids is 1. The third kappa shape index (κ3) is 4.72. The molecule has 1 aliphatic heterocycles. The van der Waals surface area contributed by atoms with E-state index in [1.807, 2.05) is 17.0 Å². The fraction of sp³-hybridized carbons (Fsp3) is 0.480. The molecule has 0 atom stereocenters. The summed E-state index contributed by atoms with van der Waals surface area (Å²) in [5, 5.41) is 13.0. The van der Waals surface area contributed by atoms with Gasteiger partial charge in [-0.2, -0.15) is 0 Å². The van der Waals surface area contributed by atoms with Gasteiger partial charge in [-0.15, -0.1) is 11.3 Å². The molecule has 0 radical (unpaired) electrons. The number of carboxylic acids is 1. The second kappa shape index (κ2) is 9.86. The first-order chi connectivity index (χ1) is 15.5. The molecule has 7 heteroatoms. The number of nitrogens with one attached hydrogen (secondary N) is 1. The van der Waals surface area contributed by atoms with E-state index < -0.39 is 5.97 Å². The second-order valence-corrected chi connectivity index (χ2v) is 9.86. The summed E-state index contributed by atoms with van der Waals surface area (Å²) in [7, 11) is 0. The normalized spacial score (nSPS) is 16.5. The maximum absolute atomic E-state index is 13.0. The van der Waals surface area contributed by atoms with Crippen molar-refractivity contribution in [3.05, 3.63) is 51.4 Å². The third-order valence-electron chi connectivity index (χ3n) is 6.52. The predicted octanol–water partition coefficient (Wildman–Crippen LogP) is 5.12. The van der Waals surface area contributed by atoms with Crippen LogP contribution in [0, 0.1) is 5.92 Å². The third-order valence-corrected chi connectivity index (χ3v) is 7.65. The predicted molar refractivity (Wildman–Crippen MR) is 125 cm³/mol. The molecule has 1 aromatic heterocycles. The zero-order valence-electron chi connectivity index (χ0n) is 18.5. The molecule has 2 amide bonds. The van der Waals surface area contributed by atoms with E-state index in [1.165, 1.54) is 23.3 Å². The first kappa shape index (κ1) is 22.5. The van der Waals surface area contributed by atoms with Gasteiger partial charge in [-0.05, 0) is 48.9 Å². The molecule has 0 spiro atoms. The van der Waals surface area contributed by atoms with E-state index >= 15 is 0 Å². The topological polar surface area (TPSA) is 86.7 Å². The maximum atomic E-state index is 13.0. The molecule has 1 saturated carbocycles. The molecule has 6 nitrogen and oxygen atoms in total. The Morgan fingerprint density at radius 2 is 1.84 bits per heavy atom. The highest BCUT2D eigenvalue weighted by Gasteiger charge is 2.33. The average Bonchev–Trinajstić information content (AvgIpc) is 3.17. The molecular formula is C25H30N2O4S. The van der Waals surface area contributed by atoms with Gasteiger partial charge in [0.05, 0.1) is 12.1 Å². The van der Waals surface area contributed by atoms with Crippen LogP contribution in [0.4, 0.5) is 5.00 Å². The van der Waals surface area contributed by atoms with Crippen molar-refractivity contribution in [3.8, 4) is 0 Å². The van der Waals surface area contributed by atoms with E-state index in [2.05, 4.69) is 12.2 Å². The maximum Gasteiger partial charge on any atom is 0.339 e. The summed E-state index contributed by atoms with van der Waals surface area (Å²) in [6.45, 7) is 3.07. The quantitative estimate of drug-likeness (QED) is 0.635. The number of fused-ring (bicyclic) bond motifs is 1. The Kier molecular flexibility index (Phi) is 6.94. The van der Waals surface area contributed by atoms with Crippen molar-refractivity contribution < 1.29 is 19.5 Å². The smallest absolute Gasteiger partial charge is 0.339 e. The summed E-state index contributed by atoms with van der Waals surface area (Å²) in [6.07, 6.45) is 7.81. The number of hydrogen-bond acceptors (Lipinski definition) is 4. The van der Waals surface area contributed by atoms with Crippen molar-refractivity contribution in [2.75, 3.05) is 11.9 Å². The van der Waals surface area contributed by atoms with E-state index in [0.29, 0.717) is 30.1 Å². The van der Waals surface area contributed by atoms with Gasteiger partial charge in [0.25, 0.3) is 5.91 Å². The molecule has 1 aliphatic carbocycles. The number of amides is 2. The van der Waals surface area contributed by atoms with Crippen molar-refractivity contribution in [3.63, 3.8) is 0 Å².